The molecule has 0 spiro atoms. The molecular formula is C18H16FeN2S+2. The van der Waals surface area contributed by atoms with Gasteiger partial charge in [-0.2, -0.15) is 0 Å². The second-order valence-electron chi connectivity index (χ2n) is 4.77. The third kappa shape index (κ3) is 3.67. The van der Waals surface area contributed by atoms with Crippen molar-refractivity contribution in [1.82, 2.24) is 9.13 Å². The van der Waals surface area contributed by atoms with E-state index in [0.717, 1.165) is 21.8 Å². The summed E-state index contributed by atoms with van der Waals surface area (Å²) in [6.45, 7) is 0. The van der Waals surface area contributed by atoms with E-state index in [9.17, 15) is 0 Å². The topological polar surface area (TPSA) is 9.86 Å². The fraction of sp³-hybridized carbons (Fsp3) is 0.0556. The molecule has 2 saturated carbocycles. The normalized spacial score (nSPS) is 18.0. The Balaban J connectivity index is 0.000000253. The Labute approximate surface area is 149 Å². The van der Waals surface area contributed by atoms with Crippen LogP contribution < -0.4 is 0 Å². The van der Waals surface area contributed by atoms with Gasteiger partial charge in [0.05, 0.1) is 17.1 Å². The predicted molar refractivity (Wildman–Crippen MR) is 89.1 cm³/mol. The smallest absolute Gasteiger partial charge is 0.320 e. The van der Waals surface area contributed by atoms with Gasteiger partial charge in [0.25, 0.3) is 0 Å². The summed E-state index contributed by atoms with van der Waals surface area (Å²) in [4.78, 5) is 0. The minimum absolute atomic E-state index is 0. The van der Waals surface area contributed by atoms with Crippen molar-refractivity contribution in [2.45, 2.75) is 0 Å². The van der Waals surface area contributed by atoms with Crippen molar-refractivity contribution in [2.75, 3.05) is 0 Å². The quantitative estimate of drug-likeness (QED) is 0.561. The third-order valence-corrected chi connectivity index (χ3v) is 3.88. The Bertz CT molecular complexity index is 641. The summed E-state index contributed by atoms with van der Waals surface area (Å²) < 4.78 is 4.97. The number of para-hydroxylation sites is 2. The van der Waals surface area contributed by atoms with Crippen LogP contribution in [0, 0.1) is 68.6 Å². The molecule has 0 unspecified atom stereocenters. The zero-order valence-electron chi connectivity index (χ0n) is 12.2. The van der Waals surface area contributed by atoms with E-state index < -0.39 is 0 Å². The molecule has 0 N–H and O–H groups in total. The number of aryl methyl sites for hydroxylation is 1. The third-order valence-electron chi connectivity index (χ3n) is 3.42. The molecule has 0 amide bonds. The molecule has 2 aromatic rings. The standard InChI is InChI=1S/C13H11N2S.C5H5.Fe/c1-14-11-8-4-5-9-12(11)15(13(14)16)10-6-2-3-7-10;1-2-4-5-3-1;/h2-9H,1H3;1-5H;/q;;+2. The summed E-state index contributed by atoms with van der Waals surface area (Å²) in [5.74, 6) is 0. The van der Waals surface area contributed by atoms with Crippen molar-refractivity contribution >= 4 is 23.3 Å². The largest absolute Gasteiger partial charge is 2.00 e. The number of hydrogen-bond acceptors (Lipinski definition) is 1. The van der Waals surface area contributed by atoms with Crippen LogP contribution in [0.4, 0.5) is 0 Å². The van der Waals surface area contributed by atoms with E-state index >= 15 is 0 Å². The molecule has 110 valence electrons. The van der Waals surface area contributed by atoms with Crippen molar-refractivity contribution in [3.05, 3.63) is 92.9 Å². The molecule has 0 aliphatic heterocycles. The van der Waals surface area contributed by atoms with Gasteiger partial charge in [0.2, 0.25) is 0 Å². The minimum atomic E-state index is 0. The predicted octanol–water partition coefficient (Wildman–Crippen LogP) is 3.94. The van der Waals surface area contributed by atoms with Crippen molar-refractivity contribution in [1.29, 1.82) is 0 Å². The Hall–Kier alpha value is -0.571. The van der Waals surface area contributed by atoms with Crippen LogP contribution in [0.5, 0.6) is 0 Å². The first-order chi connectivity index (χ1) is 10.3. The van der Waals surface area contributed by atoms with Crippen LogP contribution in [-0.2, 0) is 24.1 Å². The van der Waals surface area contributed by atoms with E-state index in [1.54, 1.807) is 0 Å². The minimum Gasteiger partial charge on any atom is -0.320 e. The Morgan fingerprint density at radius 1 is 0.773 bits per heavy atom. The molecule has 4 heteroatoms. The van der Waals surface area contributed by atoms with Crippen molar-refractivity contribution in [2.24, 2.45) is 7.05 Å². The van der Waals surface area contributed by atoms with Gasteiger partial charge in [0, 0.05) is 7.05 Å². The van der Waals surface area contributed by atoms with Gasteiger partial charge in [0.1, 0.15) is 0 Å². The van der Waals surface area contributed by atoms with Gasteiger partial charge in [-0.05, 0) is 82.1 Å². The maximum atomic E-state index is 5.47. The molecule has 1 aromatic heterocycles. The van der Waals surface area contributed by atoms with Gasteiger partial charge in [-0.25, -0.2) is 0 Å². The van der Waals surface area contributed by atoms with E-state index in [0.29, 0.717) is 0 Å². The number of aromatic nitrogens is 2. The van der Waals surface area contributed by atoms with E-state index in [4.69, 9.17) is 12.2 Å². The first-order valence-corrected chi connectivity index (χ1v) is 7.25. The fourth-order valence-electron chi connectivity index (χ4n) is 2.38. The van der Waals surface area contributed by atoms with Gasteiger partial charge in [-0.1, -0.05) is 12.1 Å². The van der Waals surface area contributed by atoms with E-state index in [1.807, 2.05) is 68.7 Å². The number of nitrogens with zero attached hydrogens (tertiary/aromatic N) is 2. The Morgan fingerprint density at radius 2 is 1.27 bits per heavy atom. The number of rotatable bonds is 1. The van der Waals surface area contributed by atoms with Crippen LogP contribution in [0.25, 0.3) is 11.0 Å². The molecular weight excluding hydrogens is 332 g/mol. The molecule has 0 bridgehead atoms. The molecule has 2 aliphatic carbocycles. The fourth-order valence-corrected chi connectivity index (χ4v) is 2.68. The van der Waals surface area contributed by atoms with Crippen LogP contribution in [0.1, 0.15) is 0 Å². The maximum absolute atomic E-state index is 5.47. The van der Waals surface area contributed by atoms with Gasteiger partial charge in [-0.15, -0.1) is 0 Å². The molecule has 2 aliphatic rings. The molecule has 2 fully saturated rings. The summed E-state index contributed by atoms with van der Waals surface area (Å²) in [7, 11) is 2.00. The second-order valence-corrected chi connectivity index (χ2v) is 5.14. The average Bonchev–Trinajstić information content (AvgIpc) is 3.25. The van der Waals surface area contributed by atoms with Crippen molar-refractivity contribution < 1.29 is 17.1 Å². The second kappa shape index (κ2) is 8.33. The summed E-state index contributed by atoms with van der Waals surface area (Å²) >= 11 is 5.47. The van der Waals surface area contributed by atoms with Crippen LogP contribution in [-0.4, -0.2) is 9.13 Å². The molecule has 2 nitrogen and oxygen atoms in total. The molecule has 22 heavy (non-hydrogen) atoms. The van der Waals surface area contributed by atoms with Crippen molar-refractivity contribution in [3.63, 3.8) is 0 Å². The first-order valence-electron chi connectivity index (χ1n) is 6.84. The molecule has 1 aromatic carbocycles. The Kier molecular flexibility index (Phi) is 6.73. The monoisotopic (exact) mass is 348 g/mol. The number of fused-ring (bicyclic) bond motifs is 1. The van der Waals surface area contributed by atoms with E-state index in [2.05, 4.69) is 29.5 Å². The number of hydrogen-bond donors (Lipinski definition) is 0. The zero-order valence-corrected chi connectivity index (χ0v) is 14.1. The average molecular weight is 348 g/mol. The summed E-state index contributed by atoms with van der Waals surface area (Å²) in [6.07, 6.45) is 18.2. The molecule has 0 saturated heterocycles. The first kappa shape index (κ1) is 17.8. The van der Waals surface area contributed by atoms with Crippen LogP contribution >= 0.6 is 12.2 Å². The zero-order chi connectivity index (χ0) is 14.7. The van der Waals surface area contributed by atoms with E-state index in [-0.39, 0.29) is 17.1 Å². The van der Waals surface area contributed by atoms with Gasteiger partial charge >= 0.3 is 17.1 Å². The number of benzene rings is 1. The summed E-state index contributed by atoms with van der Waals surface area (Å²) in [5.41, 5.74) is 2.31. The molecule has 4 rings (SSSR count). The van der Waals surface area contributed by atoms with Crippen LogP contribution in [0.3, 0.4) is 0 Å². The summed E-state index contributed by atoms with van der Waals surface area (Å²) in [5, 5.41) is 0. The van der Waals surface area contributed by atoms with Crippen molar-refractivity contribution in [3.8, 4) is 0 Å². The molecule has 10 radical (unpaired) electrons. The van der Waals surface area contributed by atoms with E-state index in [1.165, 1.54) is 0 Å². The Morgan fingerprint density at radius 3 is 1.82 bits per heavy atom. The SMILES string of the molecule is Cn1c(=S)n([C]2[CH][CH][CH][CH]2)c2ccccc21.[CH]1[CH][CH][CH][CH]1.[Fe+2]. The number of imidazole rings is 1. The van der Waals surface area contributed by atoms with Gasteiger partial charge in [0.15, 0.2) is 4.77 Å². The summed E-state index contributed by atoms with van der Waals surface area (Å²) in [6, 6.07) is 9.38. The maximum Gasteiger partial charge on any atom is 2.00 e. The van der Waals surface area contributed by atoms with Gasteiger partial charge < -0.3 is 9.13 Å². The molecule has 1 heterocycles. The van der Waals surface area contributed by atoms with Crippen LogP contribution in [0.2, 0.25) is 0 Å². The molecule has 0 atom stereocenters. The van der Waals surface area contributed by atoms with Gasteiger partial charge in [-0.3, -0.25) is 0 Å². The van der Waals surface area contributed by atoms with Crippen LogP contribution in [0.15, 0.2) is 24.3 Å².